The normalized spacial score (nSPS) is 18.4. The number of carbonyl (C=O) groups excluding carboxylic acids is 1. The lowest BCUT2D eigenvalue weighted by Gasteiger charge is -2.26. The molecule has 1 saturated heterocycles. The van der Waals surface area contributed by atoms with Crippen molar-refractivity contribution < 1.29 is 13.9 Å². The standard InChI is InChI=1S/C26H26BrN3O4S/c1-3-33-25(32)21-16(2)28-26-30(22(21)17-10-6-4-7-11-17)23(31)20(35-26)15-18-14-19(27)24(34-18)29-12-8-5-9-13-29/h4,6-7,10-11,14-15,22H,3,5,8-9,12-13H2,1-2H3/b20-15+/t22-/m1/s1. The third-order valence-corrected chi connectivity index (χ3v) is 7.79. The number of benzene rings is 1. The Bertz CT molecular complexity index is 1460. The number of rotatable bonds is 5. The van der Waals surface area contributed by atoms with Crippen LogP contribution in [0.25, 0.3) is 6.08 Å². The molecule has 0 bridgehead atoms. The predicted octanol–water partition coefficient (Wildman–Crippen LogP) is 4.14. The number of furan rings is 1. The molecule has 0 aliphatic carbocycles. The monoisotopic (exact) mass is 555 g/mol. The molecule has 9 heteroatoms. The van der Waals surface area contributed by atoms with E-state index in [2.05, 4.69) is 25.8 Å². The summed E-state index contributed by atoms with van der Waals surface area (Å²) in [5, 5.41) is 0. The number of thiazole rings is 1. The third-order valence-electron chi connectivity index (χ3n) is 6.24. The summed E-state index contributed by atoms with van der Waals surface area (Å²) in [5.41, 5.74) is 1.54. The summed E-state index contributed by atoms with van der Waals surface area (Å²) in [6.45, 7) is 5.71. The molecule has 35 heavy (non-hydrogen) atoms. The van der Waals surface area contributed by atoms with E-state index in [1.807, 2.05) is 36.4 Å². The molecular formula is C26H26BrN3O4S. The SMILES string of the molecule is CCOC(=O)C1=C(C)N=c2s/c(=C/c3cc(Br)c(N4CCCCC4)o3)c(=O)n2[C@@H]1c1ccccc1. The molecule has 7 nitrogen and oxygen atoms in total. The highest BCUT2D eigenvalue weighted by atomic mass is 79.9. The summed E-state index contributed by atoms with van der Waals surface area (Å²) < 4.78 is 14.4. The molecule has 2 aliphatic heterocycles. The summed E-state index contributed by atoms with van der Waals surface area (Å²) in [5.74, 6) is 0.935. The van der Waals surface area contributed by atoms with E-state index in [0.717, 1.165) is 41.9 Å². The van der Waals surface area contributed by atoms with Crippen LogP contribution in [0, 0.1) is 0 Å². The molecule has 0 amide bonds. The Labute approximate surface area is 215 Å². The van der Waals surface area contributed by atoms with Gasteiger partial charge >= 0.3 is 5.97 Å². The maximum absolute atomic E-state index is 13.7. The molecule has 182 valence electrons. The van der Waals surface area contributed by atoms with Crippen LogP contribution in [-0.4, -0.2) is 30.2 Å². The fourth-order valence-electron chi connectivity index (χ4n) is 4.63. The number of halogens is 1. The number of ether oxygens (including phenoxy) is 1. The Hall–Kier alpha value is -2.91. The van der Waals surface area contributed by atoms with Crippen molar-refractivity contribution in [3.63, 3.8) is 0 Å². The van der Waals surface area contributed by atoms with E-state index in [1.54, 1.807) is 24.5 Å². The number of anilines is 1. The van der Waals surface area contributed by atoms with Gasteiger partial charge in [0.15, 0.2) is 4.80 Å². The average molecular weight is 556 g/mol. The van der Waals surface area contributed by atoms with Gasteiger partial charge < -0.3 is 14.1 Å². The van der Waals surface area contributed by atoms with Gasteiger partial charge in [-0.1, -0.05) is 41.7 Å². The van der Waals surface area contributed by atoms with Gasteiger partial charge in [0.25, 0.3) is 5.56 Å². The second kappa shape index (κ2) is 9.99. The van der Waals surface area contributed by atoms with Crippen LogP contribution >= 0.6 is 27.3 Å². The van der Waals surface area contributed by atoms with Gasteiger partial charge in [0.1, 0.15) is 5.76 Å². The second-order valence-corrected chi connectivity index (χ2v) is 10.4. The van der Waals surface area contributed by atoms with E-state index >= 15 is 0 Å². The molecule has 2 aromatic heterocycles. The molecule has 5 rings (SSSR count). The Balaban J connectivity index is 1.62. The summed E-state index contributed by atoms with van der Waals surface area (Å²) in [7, 11) is 0. The van der Waals surface area contributed by atoms with Crippen molar-refractivity contribution in [3.05, 3.63) is 83.2 Å². The van der Waals surface area contributed by atoms with E-state index < -0.39 is 12.0 Å². The van der Waals surface area contributed by atoms with Gasteiger partial charge in [-0.25, -0.2) is 9.79 Å². The zero-order valence-electron chi connectivity index (χ0n) is 19.6. The van der Waals surface area contributed by atoms with Gasteiger partial charge in [-0.05, 0) is 54.6 Å². The number of allylic oxidation sites excluding steroid dienone is 1. The van der Waals surface area contributed by atoms with Gasteiger partial charge in [-0.3, -0.25) is 9.36 Å². The molecule has 1 aromatic carbocycles. The molecule has 0 unspecified atom stereocenters. The van der Waals surface area contributed by atoms with Crippen LogP contribution in [-0.2, 0) is 9.53 Å². The highest BCUT2D eigenvalue weighted by Crippen LogP contribution is 2.33. The van der Waals surface area contributed by atoms with Gasteiger partial charge in [0.05, 0.1) is 32.9 Å². The van der Waals surface area contributed by atoms with Crippen molar-refractivity contribution in [3.8, 4) is 0 Å². The predicted molar refractivity (Wildman–Crippen MR) is 139 cm³/mol. The number of carbonyl (C=O) groups is 1. The average Bonchev–Trinajstić information content (AvgIpc) is 3.38. The molecule has 1 fully saturated rings. The number of hydrogen-bond acceptors (Lipinski definition) is 7. The van der Waals surface area contributed by atoms with Crippen LogP contribution in [0.3, 0.4) is 0 Å². The van der Waals surface area contributed by atoms with E-state index in [4.69, 9.17) is 9.15 Å². The van der Waals surface area contributed by atoms with Crippen LogP contribution in [0.4, 0.5) is 5.88 Å². The first kappa shape index (κ1) is 23.8. The minimum Gasteiger partial charge on any atom is -0.463 e. The van der Waals surface area contributed by atoms with E-state index in [-0.39, 0.29) is 12.2 Å². The van der Waals surface area contributed by atoms with Crippen LogP contribution in [0.15, 0.2) is 66.3 Å². The molecule has 4 heterocycles. The summed E-state index contributed by atoms with van der Waals surface area (Å²) in [6.07, 6.45) is 5.28. The zero-order chi connectivity index (χ0) is 24.5. The lowest BCUT2D eigenvalue weighted by Crippen LogP contribution is -2.39. The fraction of sp³-hybridized carbons (Fsp3) is 0.346. The lowest BCUT2D eigenvalue weighted by molar-refractivity contribution is -0.139. The number of aromatic nitrogens is 1. The maximum Gasteiger partial charge on any atom is 0.338 e. The van der Waals surface area contributed by atoms with Crippen molar-refractivity contribution in [2.75, 3.05) is 24.6 Å². The number of fused-ring (bicyclic) bond motifs is 1. The van der Waals surface area contributed by atoms with Crippen molar-refractivity contribution in [2.45, 2.75) is 39.2 Å². The van der Waals surface area contributed by atoms with Gasteiger partial charge in [0, 0.05) is 25.2 Å². The molecule has 0 saturated carbocycles. The summed E-state index contributed by atoms with van der Waals surface area (Å²) >= 11 is 4.91. The number of piperidine rings is 1. The minimum atomic E-state index is -0.610. The van der Waals surface area contributed by atoms with E-state index in [1.165, 1.54) is 17.8 Å². The smallest absolute Gasteiger partial charge is 0.338 e. The number of esters is 1. The molecule has 2 aliphatic rings. The zero-order valence-corrected chi connectivity index (χ0v) is 22.0. The maximum atomic E-state index is 13.7. The Kier molecular flexibility index (Phi) is 6.80. The minimum absolute atomic E-state index is 0.219. The van der Waals surface area contributed by atoms with Crippen molar-refractivity contribution in [1.29, 1.82) is 0 Å². The Morgan fingerprint density at radius 2 is 2.00 bits per heavy atom. The number of nitrogens with zero attached hydrogens (tertiary/aromatic N) is 3. The molecule has 1 atom stereocenters. The van der Waals surface area contributed by atoms with Gasteiger partial charge in [-0.2, -0.15) is 0 Å². The third kappa shape index (κ3) is 4.54. The first-order valence-corrected chi connectivity index (χ1v) is 13.4. The van der Waals surface area contributed by atoms with Gasteiger partial charge in [-0.15, -0.1) is 0 Å². The van der Waals surface area contributed by atoms with E-state index in [9.17, 15) is 9.59 Å². The van der Waals surface area contributed by atoms with Crippen LogP contribution < -0.4 is 19.8 Å². The van der Waals surface area contributed by atoms with E-state index in [0.29, 0.717) is 26.4 Å². The topological polar surface area (TPSA) is 77.0 Å². The van der Waals surface area contributed by atoms with Gasteiger partial charge in [0.2, 0.25) is 5.88 Å². The molecular weight excluding hydrogens is 530 g/mol. The van der Waals surface area contributed by atoms with Crippen molar-refractivity contribution >= 4 is 45.2 Å². The molecule has 3 aromatic rings. The largest absolute Gasteiger partial charge is 0.463 e. The summed E-state index contributed by atoms with van der Waals surface area (Å²) in [6, 6.07) is 10.8. The number of hydrogen-bond donors (Lipinski definition) is 0. The molecule has 0 spiro atoms. The fourth-order valence-corrected chi connectivity index (χ4v) is 6.22. The molecule has 0 radical (unpaired) electrons. The molecule has 0 N–H and O–H groups in total. The highest BCUT2D eigenvalue weighted by molar-refractivity contribution is 9.10. The second-order valence-electron chi connectivity index (χ2n) is 8.56. The quantitative estimate of drug-likeness (QED) is 0.442. The van der Waals surface area contributed by atoms with Crippen LogP contribution in [0.2, 0.25) is 0 Å². The van der Waals surface area contributed by atoms with Crippen molar-refractivity contribution in [2.24, 2.45) is 4.99 Å². The Morgan fingerprint density at radius 3 is 2.71 bits per heavy atom. The Morgan fingerprint density at radius 1 is 1.26 bits per heavy atom. The first-order chi connectivity index (χ1) is 17.0. The lowest BCUT2D eigenvalue weighted by atomic mass is 9.96. The summed E-state index contributed by atoms with van der Waals surface area (Å²) in [4.78, 5) is 34.0. The van der Waals surface area contributed by atoms with Crippen molar-refractivity contribution in [1.82, 2.24) is 4.57 Å². The van der Waals surface area contributed by atoms with Crippen LogP contribution in [0.1, 0.15) is 50.5 Å². The highest BCUT2D eigenvalue weighted by Gasteiger charge is 2.33. The van der Waals surface area contributed by atoms with Crippen LogP contribution in [0.5, 0.6) is 0 Å². The first-order valence-electron chi connectivity index (χ1n) is 11.8.